The van der Waals surface area contributed by atoms with Gasteiger partial charge in [-0.15, -0.1) is 0 Å². The third-order valence-corrected chi connectivity index (χ3v) is 3.40. The molecule has 0 unspecified atom stereocenters. The van der Waals surface area contributed by atoms with Gasteiger partial charge in [0.1, 0.15) is 0 Å². The van der Waals surface area contributed by atoms with Crippen LogP contribution in [-0.2, 0) is 9.53 Å². The summed E-state index contributed by atoms with van der Waals surface area (Å²) in [6.07, 6.45) is 3.98. The minimum atomic E-state index is 0.100. The topological polar surface area (TPSA) is 64.3 Å². The van der Waals surface area contributed by atoms with Gasteiger partial charge in [-0.2, -0.15) is 0 Å². The maximum Gasteiger partial charge on any atom is 0.220 e. The average molecular weight is 242 g/mol. The van der Waals surface area contributed by atoms with Crippen LogP contribution in [0.3, 0.4) is 0 Å². The van der Waals surface area contributed by atoms with E-state index in [0.717, 1.165) is 19.4 Å². The van der Waals surface area contributed by atoms with Gasteiger partial charge in [0.25, 0.3) is 0 Å². The second-order valence-corrected chi connectivity index (χ2v) is 5.55. The van der Waals surface area contributed by atoms with Gasteiger partial charge >= 0.3 is 0 Å². The molecule has 1 aliphatic rings. The molecule has 1 amide bonds. The summed E-state index contributed by atoms with van der Waals surface area (Å²) in [7, 11) is 0. The molecule has 0 bridgehead atoms. The van der Waals surface area contributed by atoms with Gasteiger partial charge in [-0.3, -0.25) is 4.79 Å². The minimum Gasteiger partial charge on any atom is -0.379 e. The SMILES string of the molecule is CC(C)COCCNC(=O)CC1(CN)CCC1. The highest BCUT2D eigenvalue weighted by molar-refractivity contribution is 5.76. The van der Waals surface area contributed by atoms with E-state index in [0.29, 0.717) is 32.0 Å². The summed E-state index contributed by atoms with van der Waals surface area (Å²) in [5.41, 5.74) is 5.82. The third kappa shape index (κ3) is 5.04. The van der Waals surface area contributed by atoms with Crippen LogP contribution in [0.15, 0.2) is 0 Å². The zero-order valence-electron chi connectivity index (χ0n) is 11.1. The van der Waals surface area contributed by atoms with E-state index in [9.17, 15) is 4.79 Å². The van der Waals surface area contributed by atoms with E-state index < -0.39 is 0 Å². The summed E-state index contributed by atoms with van der Waals surface area (Å²) in [6.45, 7) is 6.80. The first-order valence-corrected chi connectivity index (χ1v) is 6.62. The molecule has 0 aromatic carbocycles. The van der Waals surface area contributed by atoms with Crippen LogP contribution < -0.4 is 11.1 Å². The Balaban J connectivity index is 2.05. The Kier molecular flexibility index (Phi) is 5.92. The molecule has 100 valence electrons. The largest absolute Gasteiger partial charge is 0.379 e. The van der Waals surface area contributed by atoms with Crippen molar-refractivity contribution in [3.8, 4) is 0 Å². The lowest BCUT2D eigenvalue weighted by Gasteiger charge is -2.40. The fraction of sp³-hybridized carbons (Fsp3) is 0.923. The van der Waals surface area contributed by atoms with Crippen molar-refractivity contribution in [1.82, 2.24) is 5.32 Å². The summed E-state index contributed by atoms with van der Waals surface area (Å²) >= 11 is 0. The van der Waals surface area contributed by atoms with Gasteiger partial charge in [-0.25, -0.2) is 0 Å². The van der Waals surface area contributed by atoms with Gasteiger partial charge in [-0.05, 0) is 30.7 Å². The van der Waals surface area contributed by atoms with Crippen LogP contribution in [0.25, 0.3) is 0 Å². The number of carbonyl (C=O) groups excluding carboxylic acids is 1. The molecule has 0 heterocycles. The number of rotatable bonds is 8. The molecule has 0 atom stereocenters. The van der Waals surface area contributed by atoms with Crippen molar-refractivity contribution in [3.05, 3.63) is 0 Å². The van der Waals surface area contributed by atoms with Crippen LogP contribution in [0.5, 0.6) is 0 Å². The van der Waals surface area contributed by atoms with E-state index in [1.807, 2.05) is 0 Å². The fourth-order valence-electron chi connectivity index (χ4n) is 2.11. The maximum absolute atomic E-state index is 11.7. The van der Waals surface area contributed by atoms with Crippen molar-refractivity contribution in [1.29, 1.82) is 0 Å². The lowest BCUT2D eigenvalue weighted by Crippen LogP contribution is -2.42. The number of nitrogens with one attached hydrogen (secondary N) is 1. The number of nitrogens with two attached hydrogens (primary N) is 1. The minimum absolute atomic E-state index is 0.100. The molecule has 4 nitrogen and oxygen atoms in total. The summed E-state index contributed by atoms with van der Waals surface area (Å²) in [5, 5.41) is 2.90. The monoisotopic (exact) mass is 242 g/mol. The van der Waals surface area contributed by atoms with Crippen LogP contribution in [0, 0.1) is 11.3 Å². The number of hydrogen-bond acceptors (Lipinski definition) is 3. The van der Waals surface area contributed by atoms with E-state index in [1.165, 1.54) is 6.42 Å². The lowest BCUT2D eigenvalue weighted by atomic mass is 9.66. The number of amides is 1. The third-order valence-electron chi connectivity index (χ3n) is 3.40. The van der Waals surface area contributed by atoms with E-state index >= 15 is 0 Å². The highest BCUT2D eigenvalue weighted by Crippen LogP contribution is 2.42. The van der Waals surface area contributed by atoms with E-state index in [1.54, 1.807) is 0 Å². The van der Waals surface area contributed by atoms with Crippen molar-refractivity contribution in [2.75, 3.05) is 26.3 Å². The highest BCUT2D eigenvalue weighted by atomic mass is 16.5. The molecule has 1 rings (SSSR count). The Labute approximate surface area is 104 Å². The normalized spacial score (nSPS) is 17.9. The Bertz CT molecular complexity index is 232. The second-order valence-electron chi connectivity index (χ2n) is 5.55. The Hall–Kier alpha value is -0.610. The molecule has 0 radical (unpaired) electrons. The predicted molar refractivity (Wildman–Crippen MR) is 68.6 cm³/mol. The first-order chi connectivity index (χ1) is 8.08. The van der Waals surface area contributed by atoms with Crippen molar-refractivity contribution >= 4 is 5.91 Å². The Morgan fingerprint density at radius 1 is 1.47 bits per heavy atom. The highest BCUT2D eigenvalue weighted by Gasteiger charge is 2.37. The van der Waals surface area contributed by atoms with Crippen molar-refractivity contribution < 1.29 is 9.53 Å². The second kappa shape index (κ2) is 6.97. The first-order valence-electron chi connectivity index (χ1n) is 6.62. The van der Waals surface area contributed by atoms with Crippen LogP contribution in [-0.4, -0.2) is 32.2 Å². The van der Waals surface area contributed by atoms with Gasteiger partial charge in [0.05, 0.1) is 6.61 Å². The van der Waals surface area contributed by atoms with Gasteiger partial charge in [0.15, 0.2) is 0 Å². The summed E-state index contributed by atoms with van der Waals surface area (Å²) in [4.78, 5) is 11.7. The smallest absolute Gasteiger partial charge is 0.220 e. The van der Waals surface area contributed by atoms with Gasteiger partial charge in [0.2, 0.25) is 5.91 Å². The number of hydrogen-bond donors (Lipinski definition) is 2. The van der Waals surface area contributed by atoms with Crippen molar-refractivity contribution in [2.45, 2.75) is 39.5 Å². The lowest BCUT2D eigenvalue weighted by molar-refractivity contribution is -0.125. The molecule has 0 aromatic rings. The molecule has 1 aliphatic carbocycles. The number of ether oxygens (including phenoxy) is 1. The van der Waals surface area contributed by atoms with Crippen LogP contribution >= 0.6 is 0 Å². The fourth-order valence-corrected chi connectivity index (χ4v) is 2.11. The quantitative estimate of drug-likeness (QED) is 0.630. The molecule has 1 saturated carbocycles. The van der Waals surface area contributed by atoms with Crippen LogP contribution in [0.4, 0.5) is 0 Å². The summed E-state index contributed by atoms with van der Waals surface area (Å²) in [6, 6.07) is 0. The maximum atomic E-state index is 11.7. The zero-order valence-corrected chi connectivity index (χ0v) is 11.1. The van der Waals surface area contributed by atoms with Crippen molar-refractivity contribution in [3.63, 3.8) is 0 Å². The summed E-state index contributed by atoms with van der Waals surface area (Å²) < 4.78 is 5.40. The molecular weight excluding hydrogens is 216 g/mol. The molecule has 1 fully saturated rings. The first kappa shape index (κ1) is 14.5. The van der Waals surface area contributed by atoms with E-state index in [4.69, 9.17) is 10.5 Å². The molecule has 0 aliphatic heterocycles. The molecule has 3 N–H and O–H groups in total. The molecule has 4 heteroatoms. The standard InChI is InChI=1S/C13H26N2O2/c1-11(2)9-17-7-6-15-12(16)8-13(10-14)4-3-5-13/h11H,3-10,14H2,1-2H3,(H,15,16). The van der Waals surface area contributed by atoms with Crippen LogP contribution in [0.1, 0.15) is 39.5 Å². The van der Waals surface area contributed by atoms with Gasteiger partial charge in [-0.1, -0.05) is 20.3 Å². The van der Waals surface area contributed by atoms with Crippen molar-refractivity contribution in [2.24, 2.45) is 17.1 Å². The van der Waals surface area contributed by atoms with E-state index in [-0.39, 0.29) is 11.3 Å². The molecular formula is C13H26N2O2. The molecule has 0 aromatic heterocycles. The van der Waals surface area contributed by atoms with Gasteiger partial charge < -0.3 is 15.8 Å². The predicted octanol–water partition coefficient (Wildman–Crippen LogP) is 1.29. The van der Waals surface area contributed by atoms with Gasteiger partial charge in [0, 0.05) is 19.6 Å². The Morgan fingerprint density at radius 3 is 2.65 bits per heavy atom. The molecule has 17 heavy (non-hydrogen) atoms. The van der Waals surface area contributed by atoms with E-state index in [2.05, 4.69) is 19.2 Å². The zero-order chi connectivity index (χ0) is 12.7. The molecule has 0 spiro atoms. The average Bonchev–Trinajstić information content (AvgIpc) is 2.22. The molecule has 0 saturated heterocycles. The van der Waals surface area contributed by atoms with Crippen LogP contribution in [0.2, 0.25) is 0 Å². The Morgan fingerprint density at radius 2 is 2.18 bits per heavy atom. The number of carbonyl (C=O) groups is 1. The summed E-state index contributed by atoms with van der Waals surface area (Å²) in [5.74, 6) is 0.657.